The van der Waals surface area contributed by atoms with E-state index >= 15 is 0 Å². The van der Waals surface area contributed by atoms with Gasteiger partial charge in [0, 0.05) is 60.5 Å². The van der Waals surface area contributed by atoms with Crippen LogP contribution in [0.3, 0.4) is 0 Å². The molecule has 0 fully saturated rings. The maximum Gasteiger partial charge on any atom is 0.0541 e. The molecule has 0 aliphatic heterocycles. The van der Waals surface area contributed by atoms with Crippen molar-refractivity contribution in [2.75, 3.05) is 4.90 Å². The molecule has 13 aromatic rings. The second kappa shape index (κ2) is 15.3. The quantitative estimate of drug-likeness (QED) is 0.162. The van der Waals surface area contributed by atoms with Gasteiger partial charge < -0.3 is 14.0 Å². The number of nitrogens with zero attached hydrogens (tertiary/aromatic N) is 3. The topological polar surface area (TPSA) is 13.1 Å². The Labute approximate surface area is 425 Å². The Morgan fingerprint density at radius 1 is 0.301 bits per heavy atom. The molecule has 0 unspecified atom stereocenters. The maximum atomic E-state index is 2.51. The molecule has 2 heterocycles. The molecule has 73 heavy (non-hydrogen) atoms. The van der Waals surface area contributed by atoms with Crippen LogP contribution in [0.5, 0.6) is 0 Å². The van der Waals surface area contributed by atoms with Crippen molar-refractivity contribution in [3.63, 3.8) is 0 Å². The Morgan fingerprint density at radius 3 is 1.37 bits per heavy atom. The van der Waals surface area contributed by atoms with Crippen molar-refractivity contribution in [2.24, 2.45) is 0 Å². The van der Waals surface area contributed by atoms with E-state index in [0.717, 1.165) is 11.4 Å². The predicted molar refractivity (Wildman–Crippen MR) is 308 cm³/mol. The van der Waals surface area contributed by atoms with Crippen LogP contribution < -0.4 is 4.90 Å². The van der Waals surface area contributed by atoms with Gasteiger partial charge in [0.15, 0.2) is 0 Å². The largest absolute Gasteiger partial charge is 0.310 e. The van der Waals surface area contributed by atoms with Gasteiger partial charge in [0.1, 0.15) is 0 Å². The number of anilines is 3. The fraction of sp³-hybridized carbons (Fsp3) is 0.0857. The summed E-state index contributed by atoms with van der Waals surface area (Å²) in [6, 6.07) is 88.3. The molecule has 0 saturated carbocycles. The lowest BCUT2D eigenvalue weighted by molar-refractivity contribution is 0.659. The van der Waals surface area contributed by atoms with Crippen molar-refractivity contribution in [3.8, 4) is 44.8 Å². The zero-order valence-electron chi connectivity index (χ0n) is 41.4. The summed E-state index contributed by atoms with van der Waals surface area (Å²) in [4.78, 5) is 2.51. The molecule has 0 atom stereocenters. The van der Waals surface area contributed by atoms with E-state index in [1.54, 1.807) is 0 Å². The molecule has 3 nitrogen and oxygen atoms in total. The molecule has 0 amide bonds. The van der Waals surface area contributed by atoms with Crippen LogP contribution in [0.1, 0.15) is 49.9 Å². The zero-order valence-corrected chi connectivity index (χ0v) is 41.4. The van der Waals surface area contributed by atoms with Gasteiger partial charge in [-0.15, -0.1) is 0 Å². The van der Waals surface area contributed by atoms with E-state index in [0.29, 0.717) is 0 Å². The monoisotopic (exact) mass is 933 g/mol. The molecule has 3 heteroatoms. The first-order valence-corrected chi connectivity index (χ1v) is 25.7. The highest BCUT2D eigenvalue weighted by Crippen LogP contribution is 2.55. The Kier molecular flexibility index (Phi) is 8.76. The fourth-order valence-electron chi connectivity index (χ4n) is 13.1. The standard InChI is InChI=1S/C70H51N3/c1-69(2)60-40-46(45-30-38-68-59(39-45)58-24-12-15-27-67(58)72(68)47-19-6-5-7-20-47)29-34-52(60)53-35-31-48(41-61(53)69)71(64-28-16-18-44-17-8-9-21-51(44)64)49-32-36-54-55-37-33-50(43-63(55)70(3,4)62(54)42-49)73-65-25-13-10-22-56(65)57-23-11-14-26-66(57)73/h5-43H,1-4H3. The SMILES string of the molecule is CC1(C)c2cc(-c3ccc4c(c3)c3ccccc3n4-c3ccccc3)ccc2-c2ccc(N(c3ccc4c(c3)C(C)(C)c3cc(-n5c6ccccc6c6ccccc65)ccc3-4)c3cccc4ccccc34)cc21. The highest BCUT2D eigenvalue weighted by Gasteiger charge is 2.39. The number of fused-ring (bicyclic) bond motifs is 13. The number of rotatable bonds is 6. The maximum absolute atomic E-state index is 2.51. The van der Waals surface area contributed by atoms with Crippen LogP contribution >= 0.6 is 0 Å². The molecule has 11 aromatic carbocycles. The lowest BCUT2D eigenvalue weighted by Gasteiger charge is -2.30. The molecule has 2 aliphatic carbocycles. The van der Waals surface area contributed by atoms with Gasteiger partial charge in [-0.3, -0.25) is 0 Å². The van der Waals surface area contributed by atoms with E-state index in [2.05, 4.69) is 278 Å². The van der Waals surface area contributed by atoms with Gasteiger partial charge >= 0.3 is 0 Å². The fourth-order valence-corrected chi connectivity index (χ4v) is 13.1. The first-order valence-electron chi connectivity index (χ1n) is 25.7. The smallest absolute Gasteiger partial charge is 0.0541 e. The normalized spacial score (nSPS) is 14.0. The number of hydrogen-bond acceptors (Lipinski definition) is 1. The van der Waals surface area contributed by atoms with E-state index in [4.69, 9.17) is 0 Å². The molecule has 15 rings (SSSR count). The first kappa shape index (κ1) is 41.8. The third-order valence-electron chi connectivity index (χ3n) is 16.7. The minimum absolute atomic E-state index is 0.246. The summed E-state index contributed by atoms with van der Waals surface area (Å²) in [6.07, 6.45) is 0. The van der Waals surface area contributed by atoms with Crippen molar-refractivity contribution >= 4 is 71.4 Å². The van der Waals surface area contributed by atoms with E-state index in [1.807, 2.05) is 0 Å². The Hall–Kier alpha value is -8.92. The molecule has 0 spiro atoms. The highest BCUT2D eigenvalue weighted by molar-refractivity contribution is 6.11. The predicted octanol–water partition coefficient (Wildman–Crippen LogP) is 18.8. The van der Waals surface area contributed by atoms with Gasteiger partial charge in [0.05, 0.1) is 27.8 Å². The number of aromatic nitrogens is 2. The summed E-state index contributed by atoms with van der Waals surface area (Å²) >= 11 is 0. The molecular formula is C70H51N3. The van der Waals surface area contributed by atoms with E-state index in [-0.39, 0.29) is 10.8 Å². The Balaban J connectivity index is 0.834. The second-order valence-corrected chi connectivity index (χ2v) is 21.3. The van der Waals surface area contributed by atoms with Crippen LogP contribution in [0.2, 0.25) is 0 Å². The zero-order chi connectivity index (χ0) is 48.7. The molecule has 346 valence electrons. The van der Waals surface area contributed by atoms with Crippen LogP contribution in [0.15, 0.2) is 237 Å². The average molecular weight is 934 g/mol. The molecule has 0 bridgehead atoms. The number of para-hydroxylation sites is 4. The van der Waals surface area contributed by atoms with Crippen molar-refractivity contribution in [2.45, 2.75) is 38.5 Å². The summed E-state index contributed by atoms with van der Waals surface area (Å²) in [5.74, 6) is 0. The van der Waals surface area contributed by atoms with Gasteiger partial charge in [-0.1, -0.05) is 173 Å². The molecule has 0 saturated heterocycles. The third-order valence-corrected chi connectivity index (χ3v) is 16.7. The van der Waals surface area contributed by atoms with Gasteiger partial charge in [0.2, 0.25) is 0 Å². The van der Waals surface area contributed by atoms with E-state index < -0.39 is 0 Å². The molecule has 0 radical (unpaired) electrons. The third kappa shape index (κ3) is 6.00. The Bertz CT molecular complexity index is 4390. The summed E-state index contributed by atoms with van der Waals surface area (Å²) in [5, 5.41) is 7.53. The first-order chi connectivity index (χ1) is 35.7. The number of benzene rings is 11. The van der Waals surface area contributed by atoms with Crippen LogP contribution in [0.4, 0.5) is 17.1 Å². The molecule has 0 N–H and O–H groups in total. The van der Waals surface area contributed by atoms with Crippen molar-refractivity contribution < 1.29 is 0 Å². The lowest BCUT2D eigenvalue weighted by Crippen LogP contribution is -2.18. The van der Waals surface area contributed by atoms with Crippen LogP contribution in [-0.4, -0.2) is 9.13 Å². The summed E-state index contributed by atoms with van der Waals surface area (Å²) < 4.78 is 4.83. The van der Waals surface area contributed by atoms with Crippen LogP contribution in [0, 0.1) is 0 Å². The average Bonchev–Trinajstić information content (AvgIpc) is 4.09. The minimum atomic E-state index is -0.247. The minimum Gasteiger partial charge on any atom is -0.310 e. The van der Waals surface area contributed by atoms with Crippen molar-refractivity contribution in [3.05, 3.63) is 259 Å². The molecule has 2 aliphatic rings. The summed E-state index contributed by atoms with van der Waals surface area (Å²) in [6.45, 7) is 9.63. The van der Waals surface area contributed by atoms with Gasteiger partial charge in [0.25, 0.3) is 0 Å². The van der Waals surface area contributed by atoms with Gasteiger partial charge in [-0.2, -0.15) is 0 Å². The Morgan fingerprint density at radius 2 is 0.740 bits per heavy atom. The highest BCUT2D eigenvalue weighted by atomic mass is 15.1. The van der Waals surface area contributed by atoms with Crippen LogP contribution in [-0.2, 0) is 10.8 Å². The summed E-state index contributed by atoms with van der Waals surface area (Å²) in [5.41, 5.74) is 23.3. The van der Waals surface area contributed by atoms with E-state index in [9.17, 15) is 0 Å². The van der Waals surface area contributed by atoms with Crippen molar-refractivity contribution in [1.82, 2.24) is 9.13 Å². The van der Waals surface area contributed by atoms with Gasteiger partial charge in [-0.05, 0) is 152 Å². The molecule has 2 aromatic heterocycles. The van der Waals surface area contributed by atoms with E-state index in [1.165, 1.54) is 127 Å². The van der Waals surface area contributed by atoms with Crippen LogP contribution in [0.25, 0.3) is 99.1 Å². The summed E-state index contributed by atoms with van der Waals surface area (Å²) in [7, 11) is 0. The number of hydrogen-bond donors (Lipinski definition) is 0. The molecular weight excluding hydrogens is 883 g/mol. The lowest BCUT2D eigenvalue weighted by atomic mass is 9.81. The second-order valence-electron chi connectivity index (χ2n) is 21.3. The van der Waals surface area contributed by atoms with Gasteiger partial charge in [-0.25, -0.2) is 0 Å². The van der Waals surface area contributed by atoms with Crippen molar-refractivity contribution in [1.29, 1.82) is 0 Å².